The molecule has 0 spiro atoms. The second-order valence-corrected chi connectivity index (χ2v) is 20.2. The Kier molecular flexibility index (Phi) is 10.5. The molecule has 2 aromatic rings. The lowest BCUT2D eigenvalue weighted by atomic mass is 9.49. The summed E-state index contributed by atoms with van der Waals surface area (Å²) in [7, 11) is -2.87. The monoisotopic (exact) mass is 672 g/mol. The second kappa shape index (κ2) is 13.3. The molecule has 0 aliphatic heterocycles. The summed E-state index contributed by atoms with van der Waals surface area (Å²) < 4.78 is 51.8. The normalized spacial score (nSPS) is 24.7. The standard InChI is InChI=1S/C38H51F3O5Si/c1-26-30(46-33(43)38(39,40)41)24-31-35(5,6)20-15-21-37(31,8)32(26)29(42)25-36(7,44)22-23-45-47(34(2,3)4,27-16-11-9-12-17-27)28-18-13-10-14-19-28/h9-14,16-19,30-31,44H,15,20-25H2,1-8H3/t30-,31-,36-,37-/m0/s1. The van der Waals surface area contributed by atoms with Gasteiger partial charge in [-0.3, -0.25) is 4.79 Å². The fourth-order valence-electron chi connectivity index (χ4n) is 8.58. The molecule has 2 aliphatic rings. The Morgan fingerprint density at radius 2 is 1.45 bits per heavy atom. The van der Waals surface area contributed by atoms with Gasteiger partial charge in [-0.15, -0.1) is 0 Å². The van der Waals surface area contributed by atoms with Crippen molar-refractivity contribution in [3.05, 3.63) is 71.8 Å². The van der Waals surface area contributed by atoms with Gasteiger partial charge < -0.3 is 14.3 Å². The predicted octanol–water partition coefficient (Wildman–Crippen LogP) is 7.69. The van der Waals surface area contributed by atoms with Crippen molar-refractivity contribution < 1.29 is 37.0 Å². The van der Waals surface area contributed by atoms with E-state index in [2.05, 4.69) is 58.9 Å². The van der Waals surface area contributed by atoms with Gasteiger partial charge in [0.25, 0.3) is 8.32 Å². The summed E-state index contributed by atoms with van der Waals surface area (Å²) in [5.74, 6) is -2.75. The summed E-state index contributed by atoms with van der Waals surface area (Å²) >= 11 is 0. The molecule has 1 fully saturated rings. The molecule has 0 amide bonds. The van der Waals surface area contributed by atoms with E-state index in [1.165, 1.54) is 0 Å². The number of alkyl halides is 3. The van der Waals surface area contributed by atoms with Crippen LogP contribution in [0.3, 0.4) is 0 Å². The van der Waals surface area contributed by atoms with Crippen molar-refractivity contribution in [3.63, 3.8) is 0 Å². The van der Waals surface area contributed by atoms with Gasteiger partial charge in [-0.25, -0.2) is 4.79 Å². The zero-order chi connectivity index (χ0) is 35.1. The number of carbonyl (C=O) groups is 2. The van der Waals surface area contributed by atoms with E-state index in [9.17, 15) is 27.9 Å². The van der Waals surface area contributed by atoms with Crippen molar-refractivity contribution in [3.8, 4) is 0 Å². The van der Waals surface area contributed by atoms with E-state index in [-0.39, 0.29) is 48.0 Å². The SMILES string of the molecule is CC1=C(C(=O)C[C@@](C)(O)CCO[Si](c2ccccc2)(c2ccccc2)C(C)(C)C)[C@@]2(C)CCCC(C)(C)[C@@H]2C[C@@H]1OC(=O)C(F)(F)F. The molecule has 5 nitrogen and oxygen atoms in total. The molecule has 4 rings (SSSR count). The van der Waals surface area contributed by atoms with E-state index in [0.29, 0.717) is 17.6 Å². The van der Waals surface area contributed by atoms with Crippen molar-refractivity contribution >= 4 is 30.4 Å². The van der Waals surface area contributed by atoms with Gasteiger partial charge in [0.2, 0.25) is 0 Å². The van der Waals surface area contributed by atoms with Gasteiger partial charge in [0.1, 0.15) is 6.10 Å². The molecule has 9 heteroatoms. The molecular weight excluding hydrogens is 621 g/mol. The highest BCUT2D eigenvalue weighted by molar-refractivity contribution is 6.99. The molecular formula is C38H51F3O5Si. The van der Waals surface area contributed by atoms with Crippen molar-refractivity contribution in [1.82, 2.24) is 0 Å². The third kappa shape index (κ3) is 7.47. The van der Waals surface area contributed by atoms with E-state index in [4.69, 9.17) is 9.16 Å². The van der Waals surface area contributed by atoms with E-state index in [1.54, 1.807) is 13.8 Å². The number of halogens is 3. The Labute approximate surface area is 279 Å². The number of fused-ring (bicyclic) bond motifs is 1. The Balaban J connectivity index is 1.63. The smallest absolute Gasteiger partial charge is 0.451 e. The van der Waals surface area contributed by atoms with Crippen LogP contribution in [-0.4, -0.2) is 49.7 Å². The topological polar surface area (TPSA) is 72.8 Å². The van der Waals surface area contributed by atoms with Gasteiger partial charge >= 0.3 is 12.1 Å². The van der Waals surface area contributed by atoms with E-state index < -0.39 is 37.6 Å². The average molecular weight is 673 g/mol. The molecule has 1 saturated carbocycles. The average Bonchev–Trinajstić information content (AvgIpc) is 2.95. The molecule has 1 N–H and O–H groups in total. The van der Waals surface area contributed by atoms with E-state index in [1.807, 2.05) is 43.3 Å². The number of allylic oxidation sites excluding steroid dienone is 1. The molecule has 47 heavy (non-hydrogen) atoms. The maximum absolute atomic E-state index is 14.3. The summed E-state index contributed by atoms with van der Waals surface area (Å²) in [6, 6.07) is 20.3. The van der Waals surface area contributed by atoms with Gasteiger partial charge in [0, 0.05) is 18.6 Å². The fourth-order valence-corrected chi connectivity index (χ4v) is 13.1. The van der Waals surface area contributed by atoms with Gasteiger partial charge in [-0.2, -0.15) is 13.2 Å². The molecule has 2 aromatic carbocycles. The third-order valence-electron chi connectivity index (χ3n) is 10.8. The summed E-state index contributed by atoms with van der Waals surface area (Å²) in [6.07, 6.45) is -3.73. The Morgan fingerprint density at radius 3 is 1.94 bits per heavy atom. The minimum atomic E-state index is -5.14. The number of rotatable bonds is 10. The van der Waals surface area contributed by atoms with E-state index >= 15 is 0 Å². The van der Waals surface area contributed by atoms with Gasteiger partial charge in [-0.1, -0.05) is 109 Å². The molecule has 258 valence electrons. The lowest BCUT2D eigenvalue weighted by molar-refractivity contribution is -0.205. The largest absolute Gasteiger partial charge is 0.490 e. The molecule has 0 unspecified atom stereocenters. The number of Topliss-reactive ketones (excluding diaryl/α,β-unsaturated/α-hetero) is 1. The number of ketones is 1. The highest BCUT2D eigenvalue weighted by atomic mass is 28.4. The molecule has 2 aliphatic carbocycles. The zero-order valence-electron chi connectivity index (χ0n) is 29.1. The Bertz CT molecular complexity index is 1420. The second-order valence-electron chi connectivity index (χ2n) is 15.9. The third-order valence-corrected chi connectivity index (χ3v) is 15.8. The summed E-state index contributed by atoms with van der Waals surface area (Å²) in [5, 5.41) is 13.7. The number of hydrogen-bond acceptors (Lipinski definition) is 5. The molecule has 0 radical (unpaired) electrons. The molecule has 0 bridgehead atoms. The van der Waals surface area contributed by atoms with Gasteiger partial charge in [-0.05, 0) is 77.3 Å². The molecule has 4 atom stereocenters. The van der Waals surface area contributed by atoms with Crippen LogP contribution in [-0.2, 0) is 18.8 Å². The maximum atomic E-state index is 14.3. The summed E-state index contributed by atoms with van der Waals surface area (Å²) in [5.41, 5.74) is -1.61. The highest BCUT2D eigenvalue weighted by Crippen LogP contribution is 2.60. The first-order valence-corrected chi connectivity index (χ1v) is 18.6. The van der Waals surface area contributed by atoms with Crippen LogP contribution in [0.2, 0.25) is 5.04 Å². The molecule has 0 aromatic heterocycles. The Morgan fingerprint density at radius 1 is 0.915 bits per heavy atom. The quantitative estimate of drug-likeness (QED) is 0.207. The van der Waals surface area contributed by atoms with Gasteiger partial charge in [0.05, 0.1) is 5.60 Å². The fraction of sp³-hybridized carbons (Fsp3) is 0.579. The number of esters is 1. The van der Waals surface area contributed by atoms with Crippen LogP contribution in [0.5, 0.6) is 0 Å². The maximum Gasteiger partial charge on any atom is 0.490 e. The van der Waals surface area contributed by atoms with Crippen molar-refractivity contribution in [2.75, 3.05) is 6.61 Å². The number of hydrogen-bond donors (Lipinski definition) is 1. The van der Waals surface area contributed by atoms with Crippen molar-refractivity contribution in [1.29, 1.82) is 0 Å². The van der Waals surface area contributed by atoms with Crippen molar-refractivity contribution in [2.24, 2.45) is 16.7 Å². The number of aliphatic hydroxyl groups is 1. The van der Waals surface area contributed by atoms with Crippen LogP contribution in [0.4, 0.5) is 13.2 Å². The molecule has 0 heterocycles. The number of ether oxygens (including phenoxy) is 1. The summed E-state index contributed by atoms with van der Waals surface area (Å²) in [6.45, 7) is 16.1. The first-order valence-electron chi connectivity index (χ1n) is 16.7. The zero-order valence-corrected chi connectivity index (χ0v) is 30.1. The Hall–Kier alpha value is -2.75. The lowest BCUT2D eigenvalue weighted by Gasteiger charge is -2.56. The van der Waals surface area contributed by atoms with Crippen LogP contribution < -0.4 is 10.4 Å². The van der Waals surface area contributed by atoms with Crippen LogP contribution in [0.1, 0.15) is 93.9 Å². The van der Waals surface area contributed by atoms with Crippen LogP contribution in [0.15, 0.2) is 71.8 Å². The summed E-state index contributed by atoms with van der Waals surface area (Å²) in [4.78, 5) is 26.2. The van der Waals surface area contributed by atoms with Crippen LogP contribution >= 0.6 is 0 Å². The van der Waals surface area contributed by atoms with Crippen molar-refractivity contribution in [2.45, 2.75) is 117 Å². The van der Waals surface area contributed by atoms with Gasteiger partial charge in [0.15, 0.2) is 5.78 Å². The number of carbonyl (C=O) groups excluding carboxylic acids is 2. The minimum Gasteiger partial charge on any atom is -0.451 e. The van der Waals surface area contributed by atoms with Crippen LogP contribution in [0, 0.1) is 16.7 Å². The highest BCUT2D eigenvalue weighted by Gasteiger charge is 2.56. The van der Waals surface area contributed by atoms with E-state index in [0.717, 1.165) is 23.2 Å². The van der Waals surface area contributed by atoms with Crippen LogP contribution in [0.25, 0.3) is 0 Å². The first kappa shape index (κ1) is 37.1. The minimum absolute atomic E-state index is 0.174. The first-order chi connectivity index (χ1) is 21.7. The molecule has 0 saturated heterocycles. The number of benzene rings is 2. The predicted molar refractivity (Wildman–Crippen MR) is 181 cm³/mol. The lowest BCUT2D eigenvalue weighted by Crippen LogP contribution is -2.66.